The van der Waals surface area contributed by atoms with Crippen molar-refractivity contribution >= 4 is 71.6 Å². The average Bonchev–Trinajstić information content (AvgIpc) is 3.95. The molecule has 0 bridgehead atoms. The molecule has 67 heavy (non-hydrogen) atoms. The minimum absolute atomic E-state index is 0.571. The molecule has 1 aliphatic carbocycles. The minimum Gasteiger partial charge on any atom is -0.456 e. The van der Waals surface area contributed by atoms with E-state index in [4.69, 9.17) is 4.42 Å². The summed E-state index contributed by atoms with van der Waals surface area (Å²) in [5.41, 5.74) is 17.4. The Labute approximate surface area is 390 Å². The summed E-state index contributed by atoms with van der Waals surface area (Å²) in [6.07, 6.45) is 6.44. The van der Waals surface area contributed by atoms with Gasteiger partial charge in [-0.3, -0.25) is 0 Å². The highest BCUT2D eigenvalue weighted by atomic mass is 16.3. The molecular weight excluding hydrogens is 813 g/mol. The zero-order valence-electron chi connectivity index (χ0n) is 37.3. The Kier molecular flexibility index (Phi) is 9.60. The number of benzene rings is 10. The lowest BCUT2D eigenvalue weighted by molar-refractivity contribution is 0.445. The van der Waals surface area contributed by atoms with Crippen LogP contribution in [0.3, 0.4) is 0 Å². The van der Waals surface area contributed by atoms with Crippen LogP contribution in [0.5, 0.6) is 0 Å². The molecule has 0 spiro atoms. The van der Waals surface area contributed by atoms with Gasteiger partial charge in [-0.25, -0.2) is 0 Å². The predicted octanol–water partition coefficient (Wildman–Crippen LogP) is 18.4. The van der Waals surface area contributed by atoms with Crippen LogP contribution in [0, 0.1) is 0 Å². The molecule has 1 saturated carbocycles. The highest BCUT2D eigenvalue weighted by Crippen LogP contribution is 2.47. The quantitative estimate of drug-likeness (QED) is 0.152. The lowest BCUT2D eigenvalue weighted by atomic mass is 9.80. The number of anilines is 3. The molecule has 0 aliphatic heterocycles. The molecule has 10 aromatic carbocycles. The fraction of sp³-hybridized carbons (Fsp3) is 0.0938. The Morgan fingerprint density at radius 1 is 0.403 bits per heavy atom. The van der Waals surface area contributed by atoms with E-state index in [1.807, 2.05) is 6.07 Å². The molecular formula is C64H48N2O. The van der Waals surface area contributed by atoms with Gasteiger partial charge in [-0.1, -0.05) is 171 Å². The summed E-state index contributed by atoms with van der Waals surface area (Å²) in [7, 11) is 0. The maximum absolute atomic E-state index is 6.39. The van der Waals surface area contributed by atoms with Gasteiger partial charge >= 0.3 is 0 Å². The molecule has 0 N–H and O–H groups in total. The van der Waals surface area contributed by atoms with Crippen molar-refractivity contribution in [3.63, 3.8) is 0 Å². The summed E-state index contributed by atoms with van der Waals surface area (Å²) in [5.74, 6) is 0.571. The van der Waals surface area contributed by atoms with Crippen LogP contribution in [0.1, 0.15) is 43.6 Å². The van der Waals surface area contributed by atoms with Crippen molar-refractivity contribution in [3.05, 3.63) is 230 Å². The first-order valence-electron chi connectivity index (χ1n) is 23.9. The van der Waals surface area contributed by atoms with E-state index in [1.165, 1.54) is 98.2 Å². The number of rotatable bonds is 8. The number of aromatic nitrogens is 1. The summed E-state index contributed by atoms with van der Waals surface area (Å²) in [6, 6.07) is 82.3. The van der Waals surface area contributed by atoms with Crippen molar-refractivity contribution in [2.45, 2.75) is 38.0 Å². The molecule has 1 fully saturated rings. The second-order valence-corrected chi connectivity index (χ2v) is 18.2. The van der Waals surface area contributed by atoms with Crippen LogP contribution in [-0.4, -0.2) is 4.57 Å². The third kappa shape index (κ3) is 6.72. The SMILES string of the molecule is c1ccc(-n2c3ccccc3c3cc(-c4ccc(N(c5cccc(-c6cccc7oc8ccccc8c67)c5)c5ccccc5-c5cccc6cccc(C7CCCCC7)c56)cc4)ccc32)cc1. The topological polar surface area (TPSA) is 21.3 Å². The predicted molar refractivity (Wildman–Crippen MR) is 282 cm³/mol. The standard InChI is InChI=1S/C64H48N2O/c1-3-17-44(18-4-1)51-28-14-19-45-20-15-30-55(63(45)51)53-25-7-10-31-58(53)65(50-24-13-21-47(41-50)52-29-16-34-62-64(52)56-27-9-12-33-61(56)67-62)49-38-35-43(36-39-49)46-37-40-60-57(42-46)54-26-8-11-32-59(54)66(60)48-22-5-2-6-23-48/h2,5-16,19-42,44H,1,3-4,17-18H2. The fourth-order valence-corrected chi connectivity index (χ4v) is 11.3. The highest BCUT2D eigenvalue weighted by Gasteiger charge is 2.24. The van der Waals surface area contributed by atoms with E-state index in [0.29, 0.717) is 5.92 Å². The van der Waals surface area contributed by atoms with Crippen LogP contribution in [0.4, 0.5) is 17.1 Å². The molecule has 1 aliphatic rings. The van der Waals surface area contributed by atoms with Gasteiger partial charge in [0.05, 0.1) is 16.7 Å². The zero-order valence-corrected chi connectivity index (χ0v) is 37.3. The van der Waals surface area contributed by atoms with Crippen molar-refractivity contribution in [1.29, 1.82) is 0 Å². The van der Waals surface area contributed by atoms with Crippen LogP contribution in [0.15, 0.2) is 229 Å². The van der Waals surface area contributed by atoms with E-state index >= 15 is 0 Å². The van der Waals surface area contributed by atoms with Crippen molar-refractivity contribution < 1.29 is 4.42 Å². The van der Waals surface area contributed by atoms with E-state index in [0.717, 1.165) is 50.1 Å². The van der Waals surface area contributed by atoms with E-state index in [9.17, 15) is 0 Å². The summed E-state index contributed by atoms with van der Waals surface area (Å²) in [4.78, 5) is 2.47. The number of fused-ring (bicyclic) bond motifs is 7. The molecule has 12 aromatic rings. The highest BCUT2D eigenvalue weighted by molar-refractivity contribution is 6.13. The summed E-state index contributed by atoms with van der Waals surface area (Å²) >= 11 is 0. The van der Waals surface area contributed by atoms with Crippen LogP contribution in [0.2, 0.25) is 0 Å². The van der Waals surface area contributed by atoms with E-state index in [1.54, 1.807) is 0 Å². The van der Waals surface area contributed by atoms with E-state index in [-0.39, 0.29) is 0 Å². The number of hydrogen-bond donors (Lipinski definition) is 0. The summed E-state index contributed by atoms with van der Waals surface area (Å²) in [6.45, 7) is 0. The van der Waals surface area contributed by atoms with Crippen molar-refractivity contribution in [3.8, 4) is 39.1 Å². The van der Waals surface area contributed by atoms with Crippen molar-refractivity contribution in [2.24, 2.45) is 0 Å². The van der Waals surface area contributed by atoms with Gasteiger partial charge in [0, 0.05) is 44.2 Å². The average molecular weight is 861 g/mol. The largest absolute Gasteiger partial charge is 0.456 e. The molecule has 13 rings (SSSR count). The summed E-state index contributed by atoms with van der Waals surface area (Å²) in [5, 5.41) is 7.46. The first-order valence-corrected chi connectivity index (χ1v) is 23.9. The second-order valence-electron chi connectivity index (χ2n) is 18.2. The molecule has 3 nitrogen and oxygen atoms in total. The van der Waals surface area contributed by atoms with Gasteiger partial charge < -0.3 is 13.9 Å². The lowest BCUT2D eigenvalue weighted by Gasteiger charge is -2.29. The molecule has 0 amide bonds. The Hall–Kier alpha value is -8.14. The molecule has 0 saturated heterocycles. The van der Waals surface area contributed by atoms with Crippen molar-refractivity contribution in [1.82, 2.24) is 4.57 Å². The second kappa shape index (κ2) is 16.4. The first kappa shape index (κ1) is 39.2. The number of hydrogen-bond acceptors (Lipinski definition) is 2. The number of para-hydroxylation sites is 4. The van der Waals surface area contributed by atoms with Gasteiger partial charge in [-0.2, -0.15) is 0 Å². The van der Waals surface area contributed by atoms with Gasteiger partial charge in [-0.05, 0) is 136 Å². The fourth-order valence-electron chi connectivity index (χ4n) is 11.3. The van der Waals surface area contributed by atoms with E-state index in [2.05, 4.69) is 228 Å². The van der Waals surface area contributed by atoms with Gasteiger partial charge in [0.25, 0.3) is 0 Å². The third-order valence-electron chi connectivity index (χ3n) is 14.4. The monoisotopic (exact) mass is 860 g/mol. The Balaban J connectivity index is 0.979. The molecule has 2 aromatic heterocycles. The molecule has 0 unspecified atom stereocenters. The first-order chi connectivity index (χ1) is 33.2. The molecule has 0 atom stereocenters. The van der Waals surface area contributed by atoms with Crippen molar-refractivity contribution in [2.75, 3.05) is 4.90 Å². The van der Waals surface area contributed by atoms with E-state index < -0.39 is 0 Å². The lowest BCUT2D eigenvalue weighted by Crippen LogP contribution is -2.11. The third-order valence-corrected chi connectivity index (χ3v) is 14.4. The van der Waals surface area contributed by atoms with Crippen LogP contribution in [0.25, 0.3) is 93.6 Å². The van der Waals surface area contributed by atoms with Crippen LogP contribution >= 0.6 is 0 Å². The summed E-state index contributed by atoms with van der Waals surface area (Å²) < 4.78 is 8.77. The Morgan fingerprint density at radius 3 is 1.96 bits per heavy atom. The van der Waals surface area contributed by atoms with Gasteiger partial charge in [0.2, 0.25) is 0 Å². The van der Waals surface area contributed by atoms with Gasteiger partial charge in [0.1, 0.15) is 11.2 Å². The maximum atomic E-state index is 6.39. The molecule has 320 valence electrons. The Morgan fingerprint density at radius 2 is 1.07 bits per heavy atom. The minimum atomic E-state index is 0.571. The smallest absolute Gasteiger partial charge is 0.136 e. The molecule has 0 radical (unpaired) electrons. The molecule has 3 heteroatoms. The zero-order chi connectivity index (χ0) is 44.3. The normalized spacial score (nSPS) is 13.3. The number of nitrogens with zero attached hydrogens (tertiary/aromatic N) is 2. The van der Waals surface area contributed by atoms with Gasteiger partial charge in [-0.15, -0.1) is 0 Å². The van der Waals surface area contributed by atoms with Gasteiger partial charge in [0.15, 0.2) is 0 Å². The Bertz CT molecular complexity index is 3790. The number of furan rings is 1. The maximum Gasteiger partial charge on any atom is 0.136 e. The van der Waals surface area contributed by atoms with Crippen LogP contribution in [-0.2, 0) is 0 Å². The van der Waals surface area contributed by atoms with Crippen LogP contribution < -0.4 is 4.90 Å². The molecule has 2 heterocycles.